The summed E-state index contributed by atoms with van der Waals surface area (Å²) in [6.45, 7) is 0.873. The quantitative estimate of drug-likeness (QED) is 0.759. The van der Waals surface area contributed by atoms with Gasteiger partial charge in [-0.2, -0.15) is 0 Å². The molecule has 2 aromatic carbocycles. The first-order valence-electron chi connectivity index (χ1n) is 7.40. The van der Waals surface area contributed by atoms with Crippen molar-refractivity contribution in [1.82, 2.24) is 5.32 Å². The maximum atomic E-state index is 10.8. The number of nitrogens with zero attached hydrogens (tertiary/aromatic N) is 2. The Bertz CT molecular complexity index is 843. The van der Waals surface area contributed by atoms with Crippen molar-refractivity contribution in [2.24, 2.45) is 9.98 Å². The molecule has 1 heterocycles. The van der Waals surface area contributed by atoms with E-state index in [9.17, 15) is 4.79 Å². The molecule has 0 unspecified atom stereocenters. The molecule has 6 nitrogen and oxygen atoms in total. The van der Waals surface area contributed by atoms with Gasteiger partial charge in [-0.3, -0.25) is 4.99 Å². The Kier molecular flexibility index (Phi) is 5.21. The van der Waals surface area contributed by atoms with Crippen LogP contribution in [0, 0.1) is 0 Å². The predicted molar refractivity (Wildman–Crippen MR) is 100 cm³/mol. The first kappa shape index (κ1) is 17.3. The Morgan fingerprint density at radius 2 is 1.88 bits per heavy atom. The highest BCUT2D eigenvalue weighted by Gasteiger charge is 2.12. The highest BCUT2D eigenvalue weighted by Crippen LogP contribution is 2.22. The number of aromatic carboxylic acids is 1. The van der Waals surface area contributed by atoms with Crippen molar-refractivity contribution in [2.75, 3.05) is 11.9 Å². The molecule has 0 saturated heterocycles. The Morgan fingerprint density at radius 3 is 2.52 bits per heavy atom. The van der Waals surface area contributed by atoms with Crippen molar-refractivity contribution in [2.45, 2.75) is 6.54 Å². The molecule has 0 aromatic heterocycles. The molecule has 8 heteroatoms. The van der Waals surface area contributed by atoms with E-state index >= 15 is 0 Å². The Labute approximate surface area is 154 Å². The third kappa shape index (κ3) is 4.71. The van der Waals surface area contributed by atoms with Crippen LogP contribution < -0.4 is 10.6 Å². The fraction of sp³-hybridized carbons (Fsp3) is 0.118. The average molecular weight is 377 g/mol. The zero-order chi connectivity index (χ0) is 17.8. The van der Waals surface area contributed by atoms with E-state index in [1.54, 1.807) is 42.5 Å². The monoisotopic (exact) mass is 376 g/mol. The van der Waals surface area contributed by atoms with E-state index in [0.29, 0.717) is 29.1 Å². The summed E-state index contributed by atoms with van der Waals surface area (Å²) in [6, 6.07) is 11.8. The van der Waals surface area contributed by atoms with Gasteiger partial charge in [0.25, 0.3) is 0 Å². The Hall–Kier alpha value is -2.57. The summed E-state index contributed by atoms with van der Waals surface area (Å²) in [5, 5.41) is 16.1. The van der Waals surface area contributed by atoms with Crippen LogP contribution in [-0.2, 0) is 6.54 Å². The van der Waals surface area contributed by atoms with Gasteiger partial charge in [0, 0.05) is 15.7 Å². The fourth-order valence-electron chi connectivity index (χ4n) is 2.23. The lowest BCUT2D eigenvalue weighted by Gasteiger charge is -2.08. The van der Waals surface area contributed by atoms with Gasteiger partial charge in [0.15, 0.2) is 0 Å². The SMILES string of the molecule is O=C(O)c1ccc(CN=C2CN=C(Nc3cc(Cl)cc(Cl)c3)N2)cc1. The number of hydrogen-bond acceptors (Lipinski definition) is 4. The smallest absolute Gasteiger partial charge is 0.335 e. The number of carbonyl (C=O) groups is 1. The number of benzene rings is 2. The minimum atomic E-state index is -0.944. The molecule has 1 aliphatic heterocycles. The topological polar surface area (TPSA) is 86.1 Å². The second-order valence-electron chi connectivity index (χ2n) is 5.34. The summed E-state index contributed by atoms with van der Waals surface area (Å²) in [7, 11) is 0. The molecular weight excluding hydrogens is 363 g/mol. The number of rotatable bonds is 4. The Morgan fingerprint density at radius 1 is 1.20 bits per heavy atom. The van der Waals surface area contributed by atoms with Crippen LogP contribution >= 0.6 is 23.2 Å². The van der Waals surface area contributed by atoms with E-state index < -0.39 is 5.97 Å². The van der Waals surface area contributed by atoms with Crippen LogP contribution in [0.4, 0.5) is 5.69 Å². The minimum absolute atomic E-state index is 0.255. The zero-order valence-electron chi connectivity index (χ0n) is 13.0. The number of anilines is 1. The van der Waals surface area contributed by atoms with E-state index in [4.69, 9.17) is 28.3 Å². The number of hydrogen-bond donors (Lipinski definition) is 3. The first-order valence-corrected chi connectivity index (χ1v) is 8.15. The van der Waals surface area contributed by atoms with E-state index in [0.717, 1.165) is 17.1 Å². The molecule has 2 aromatic rings. The van der Waals surface area contributed by atoms with Crippen LogP contribution in [0.15, 0.2) is 52.4 Å². The minimum Gasteiger partial charge on any atom is -0.478 e. The summed E-state index contributed by atoms with van der Waals surface area (Å²) in [5.74, 6) is 0.344. The number of aliphatic imine (C=N–C) groups is 2. The first-order chi connectivity index (χ1) is 12.0. The third-order valence-electron chi connectivity index (χ3n) is 3.43. The van der Waals surface area contributed by atoms with Crippen LogP contribution in [0.3, 0.4) is 0 Å². The van der Waals surface area contributed by atoms with E-state index in [1.807, 2.05) is 0 Å². The summed E-state index contributed by atoms with van der Waals surface area (Å²) in [6.07, 6.45) is 0. The summed E-state index contributed by atoms with van der Waals surface area (Å²) < 4.78 is 0. The molecular formula is C17H14Cl2N4O2. The van der Waals surface area contributed by atoms with Gasteiger partial charge in [0.1, 0.15) is 12.4 Å². The van der Waals surface area contributed by atoms with Crippen LogP contribution in [-0.4, -0.2) is 29.4 Å². The highest BCUT2D eigenvalue weighted by atomic mass is 35.5. The molecule has 0 bridgehead atoms. The summed E-state index contributed by atoms with van der Waals surface area (Å²) >= 11 is 11.9. The van der Waals surface area contributed by atoms with Gasteiger partial charge in [-0.1, -0.05) is 35.3 Å². The summed E-state index contributed by atoms with van der Waals surface area (Å²) in [4.78, 5) is 19.6. The lowest BCUT2D eigenvalue weighted by molar-refractivity contribution is 0.0697. The molecule has 0 amide bonds. The highest BCUT2D eigenvalue weighted by molar-refractivity contribution is 6.35. The molecule has 0 saturated carbocycles. The molecule has 0 spiro atoms. The van der Waals surface area contributed by atoms with Crippen molar-refractivity contribution in [3.8, 4) is 0 Å². The number of amidine groups is 1. The van der Waals surface area contributed by atoms with E-state index in [-0.39, 0.29) is 5.56 Å². The van der Waals surface area contributed by atoms with Gasteiger partial charge in [0.05, 0.1) is 12.1 Å². The van der Waals surface area contributed by atoms with Crippen molar-refractivity contribution in [1.29, 1.82) is 0 Å². The number of carboxylic acids is 1. The lowest BCUT2D eigenvalue weighted by Crippen LogP contribution is -2.30. The lowest BCUT2D eigenvalue weighted by atomic mass is 10.1. The molecule has 1 aliphatic rings. The molecule has 0 aliphatic carbocycles. The molecule has 0 atom stereocenters. The summed E-state index contributed by atoms with van der Waals surface area (Å²) in [5.41, 5.74) is 1.90. The van der Waals surface area contributed by atoms with Crippen molar-refractivity contribution in [3.63, 3.8) is 0 Å². The predicted octanol–water partition coefficient (Wildman–Crippen LogP) is 3.66. The maximum Gasteiger partial charge on any atom is 0.335 e. The second kappa shape index (κ2) is 7.55. The molecule has 3 N–H and O–H groups in total. The molecule has 0 radical (unpaired) electrons. The normalized spacial score (nSPS) is 15.0. The van der Waals surface area contributed by atoms with Crippen molar-refractivity contribution in [3.05, 3.63) is 63.6 Å². The van der Waals surface area contributed by atoms with Crippen LogP contribution in [0.25, 0.3) is 0 Å². The molecule has 128 valence electrons. The number of guanidine groups is 1. The fourth-order valence-corrected chi connectivity index (χ4v) is 2.76. The average Bonchev–Trinajstić information content (AvgIpc) is 2.99. The van der Waals surface area contributed by atoms with Crippen molar-refractivity contribution < 1.29 is 9.90 Å². The number of carboxylic acid groups (broad SMARTS) is 1. The van der Waals surface area contributed by atoms with Crippen LogP contribution in [0.1, 0.15) is 15.9 Å². The molecule has 25 heavy (non-hydrogen) atoms. The third-order valence-corrected chi connectivity index (χ3v) is 3.86. The Balaban J connectivity index is 1.58. The maximum absolute atomic E-state index is 10.8. The van der Waals surface area contributed by atoms with Gasteiger partial charge < -0.3 is 15.7 Å². The number of nitrogens with one attached hydrogen (secondary N) is 2. The van der Waals surface area contributed by atoms with E-state index in [2.05, 4.69) is 20.6 Å². The largest absolute Gasteiger partial charge is 0.478 e. The van der Waals surface area contributed by atoms with Crippen LogP contribution in [0.2, 0.25) is 10.0 Å². The molecule has 0 fully saturated rings. The molecule has 3 rings (SSSR count). The van der Waals surface area contributed by atoms with Crippen molar-refractivity contribution >= 4 is 46.7 Å². The van der Waals surface area contributed by atoms with Gasteiger partial charge in [0.2, 0.25) is 5.96 Å². The van der Waals surface area contributed by atoms with E-state index in [1.165, 1.54) is 0 Å². The van der Waals surface area contributed by atoms with Gasteiger partial charge in [-0.15, -0.1) is 0 Å². The van der Waals surface area contributed by atoms with Gasteiger partial charge in [-0.25, -0.2) is 9.79 Å². The zero-order valence-corrected chi connectivity index (χ0v) is 14.5. The van der Waals surface area contributed by atoms with Crippen LogP contribution in [0.5, 0.6) is 0 Å². The van der Waals surface area contributed by atoms with Gasteiger partial charge >= 0.3 is 5.97 Å². The standard InChI is InChI=1S/C17H14Cl2N4O2/c18-12-5-13(19)7-14(6-12)22-17-21-9-15(23-17)20-8-10-1-3-11(4-2-10)16(24)25/h1-7H,8-9H2,(H,24,25)(H2,20,21,22,23). The second-order valence-corrected chi connectivity index (χ2v) is 6.21. The number of halogens is 2. The van der Waals surface area contributed by atoms with Gasteiger partial charge in [-0.05, 0) is 35.9 Å².